The van der Waals surface area contributed by atoms with Crippen LogP contribution < -0.4 is 10.8 Å². The zero-order valence-corrected chi connectivity index (χ0v) is 22.2. The van der Waals surface area contributed by atoms with Crippen molar-refractivity contribution < 1.29 is 41.9 Å². The fourth-order valence-electron chi connectivity index (χ4n) is 3.47. The first-order valence-corrected chi connectivity index (χ1v) is 13.3. The normalized spacial score (nSPS) is 11.6. The number of carbonyl (C=O) groups is 1. The second-order valence-corrected chi connectivity index (χ2v) is 9.95. The molecule has 0 bridgehead atoms. The molecule has 1 aromatic heterocycles. The summed E-state index contributed by atoms with van der Waals surface area (Å²) in [6, 6.07) is 9.14. The summed E-state index contributed by atoms with van der Waals surface area (Å²) in [4.78, 5) is 20.6. The minimum atomic E-state index is -4.10. The summed E-state index contributed by atoms with van der Waals surface area (Å²) in [5.74, 6) is -1.07. The Bertz CT molecular complexity index is 1380. The number of nitrogens with zero attached hydrogens (tertiary/aromatic N) is 3. The van der Waals surface area contributed by atoms with Gasteiger partial charge in [-0.3, -0.25) is 10.0 Å². The molecule has 0 spiro atoms. The number of rotatable bonds is 15. The molecule has 0 fully saturated rings. The summed E-state index contributed by atoms with van der Waals surface area (Å²) in [6.45, 7) is 3.92. The molecule has 0 unspecified atom stereocenters. The third kappa shape index (κ3) is 9.14. The van der Waals surface area contributed by atoms with Crippen molar-refractivity contribution in [1.29, 1.82) is 0 Å². The van der Waals surface area contributed by atoms with Crippen LogP contribution in [0.3, 0.4) is 0 Å². The van der Waals surface area contributed by atoms with Crippen LogP contribution in [0.25, 0.3) is 5.69 Å². The van der Waals surface area contributed by atoms with E-state index >= 15 is 0 Å². The maximum atomic E-state index is 15.0. The Morgan fingerprint density at radius 2 is 1.85 bits per heavy atom. The molecule has 212 valence electrons. The fraction of sp³-hybridized carbons (Fsp3) is 0.375. The standard InChI is InChI=1S/C24H30FN5O8S/c1-16-3-4-17(2)18(11-16)12-23-27-22(14-37-24(31)15-36-8-7-35-9-10-38-29-32)28-30(23)21-6-5-19(13-20(21)25)39(26,33)34/h3-6,11,13,29,32H,7-10,12,14-15H2,1-2H3,(H2,26,33,34). The number of primary sulfonamides is 1. The monoisotopic (exact) mass is 567 g/mol. The van der Waals surface area contributed by atoms with E-state index in [9.17, 15) is 17.6 Å². The van der Waals surface area contributed by atoms with Crippen LogP contribution in [-0.2, 0) is 46.9 Å². The molecule has 0 saturated carbocycles. The van der Waals surface area contributed by atoms with Crippen LogP contribution in [-0.4, -0.2) is 67.4 Å². The fourth-order valence-corrected chi connectivity index (χ4v) is 3.99. The Kier molecular flexibility index (Phi) is 11.0. The van der Waals surface area contributed by atoms with Crippen molar-refractivity contribution in [1.82, 2.24) is 20.4 Å². The molecule has 0 amide bonds. The van der Waals surface area contributed by atoms with Crippen LogP contribution in [0, 0.1) is 19.7 Å². The lowest BCUT2D eigenvalue weighted by Crippen LogP contribution is -2.17. The summed E-state index contributed by atoms with van der Waals surface area (Å²) >= 11 is 0. The van der Waals surface area contributed by atoms with Crippen LogP contribution in [0.1, 0.15) is 28.3 Å². The smallest absolute Gasteiger partial charge is 0.332 e. The first-order chi connectivity index (χ1) is 18.6. The second-order valence-electron chi connectivity index (χ2n) is 8.39. The van der Waals surface area contributed by atoms with Gasteiger partial charge >= 0.3 is 5.97 Å². The van der Waals surface area contributed by atoms with Gasteiger partial charge in [0.2, 0.25) is 10.0 Å². The summed E-state index contributed by atoms with van der Waals surface area (Å²) in [7, 11) is -4.10. The van der Waals surface area contributed by atoms with Gasteiger partial charge in [0.15, 0.2) is 12.4 Å². The van der Waals surface area contributed by atoms with Gasteiger partial charge in [0.05, 0.1) is 31.3 Å². The van der Waals surface area contributed by atoms with Crippen LogP contribution in [0.4, 0.5) is 4.39 Å². The van der Waals surface area contributed by atoms with Crippen molar-refractivity contribution in [2.24, 2.45) is 5.14 Å². The molecule has 0 atom stereocenters. The Morgan fingerprint density at radius 3 is 2.56 bits per heavy atom. The van der Waals surface area contributed by atoms with Gasteiger partial charge in [0, 0.05) is 6.42 Å². The highest BCUT2D eigenvalue weighted by molar-refractivity contribution is 7.89. The third-order valence-electron chi connectivity index (χ3n) is 5.40. The van der Waals surface area contributed by atoms with E-state index in [0.29, 0.717) is 5.82 Å². The lowest BCUT2D eigenvalue weighted by atomic mass is 10.0. The summed E-state index contributed by atoms with van der Waals surface area (Å²) in [5.41, 5.74) is 4.43. The topological polar surface area (TPSA) is 177 Å². The number of aryl methyl sites for hydroxylation is 2. The molecule has 0 saturated heterocycles. The number of aromatic nitrogens is 3. The highest BCUT2D eigenvalue weighted by atomic mass is 32.2. The Morgan fingerprint density at radius 1 is 1.10 bits per heavy atom. The Hall–Kier alpha value is -3.31. The zero-order chi connectivity index (χ0) is 28.4. The number of nitrogens with two attached hydrogens (primary N) is 1. The molecular formula is C24H30FN5O8S. The minimum absolute atomic E-state index is 0.0451. The van der Waals surface area contributed by atoms with Gasteiger partial charge < -0.3 is 14.2 Å². The molecular weight excluding hydrogens is 537 g/mol. The molecule has 2 aromatic carbocycles. The molecule has 0 aliphatic carbocycles. The number of carbonyl (C=O) groups excluding carboxylic acids is 1. The average Bonchev–Trinajstić information content (AvgIpc) is 3.28. The molecule has 1 heterocycles. The maximum absolute atomic E-state index is 15.0. The predicted molar refractivity (Wildman–Crippen MR) is 134 cm³/mol. The van der Waals surface area contributed by atoms with Gasteiger partial charge in [-0.05, 0) is 43.2 Å². The van der Waals surface area contributed by atoms with Crippen molar-refractivity contribution in [3.05, 3.63) is 70.6 Å². The van der Waals surface area contributed by atoms with Gasteiger partial charge in [0.25, 0.3) is 0 Å². The van der Waals surface area contributed by atoms with E-state index in [0.717, 1.165) is 22.8 Å². The van der Waals surface area contributed by atoms with Crippen molar-refractivity contribution in [3.63, 3.8) is 0 Å². The molecule has 13 nitrogen and oxygen atoms in total. The van der Waals surface area contributed by atoms with Crippen molar-refractivity contribution in [3.8, 4) is 5.69 Å². The first-order valence-electron chi connectivity index (χ1n) is 11.7. The number of nitrogens with one attached hydrogen (secondary N) is 1. The van der Waals surface area contributed by atoms with Gasteiger partial charge in [-0.1, -0.05) is 29.4 Å². The molecule has 0 aliphatic heterocycles. The van der Waals surface area contributed by atoms with E-state index < -0.39 is 21.8 Å². The lowest BCUT2D eigenvalue weighted by Gasteiger charge is -2.10. The molecule has 0 radical (unpaired) electrons. The number of esters is 1. The number of ether oxygens (including phenoxy) is 3. The Labute approximate surface area is 224 Å². The maximum Gasteiger partial charge on any atom is 0.332 e. The molecule has 15 heteroatoms. The Balaban J connectivity index is 1.71. The van der Waals surface area contributed by atoms with Crippen LogP contribution in [0.15, 0.2) is 41.3 Å². The highest BCUT2D eigenvalue weighted by Crippen LogP contribution is 2.22. The SMILES string of the molecule is Cc1ccc(C)c(Cc2nc(COC(=O)COCCOCCONO)nn2-c2ccc(S(N)(=O)=O)cc2F)c1. The quantitative estimate of drug-likeness (QED) is 0.137. The lowest BCUT2D eigenvalue weighted by molar-refractivity contribution is -0.152. The molecule has 39 heavy (non-hydrogen) atoms. The number of hydrogen-bond acceptors (Lipinski definition) is 11. The van der Waals surface area contributed by atoms with Gasteiger partial charge in [-0.15, -0.1) is 5.10 Å². The van der Waals surface area contributed by atoms with Crippen LogP contribution in [0.2, 0.25) is 0 Å². The van der Waals surface area contributed by atoms with E-state index in [1.54, 1.807) is 0 Å². The van der Waals surface area contributed by atoms with Gasteiger partial charge in [-0.2, -0.15) is 0 Å². The van der Waals surface area contributed by atoms with Crippen molar-refractivity contribution in [2.75, 3.05) is 33.0 Å². The van der Waals surface area contributed by atoms with E-state index in [2.05, 4.69) is 14.9 Å². The largest absolute Gasteiger partial charge is 0.456 e. The molecule has 3 rings (SSSR count). The van der Waals surface area contributed by atoms with E-state index in [1.165, 1.54) is 22.5 Å². The summed E-state index contributed by atoms with van der Waals surface area (Å²) in [6.07, 6.45) is 0.285. The zero-order valence-electron chi connectivity index (χ0n) is 21.4. The number of hydrogen-bond donors (Lipinski definition) is 3. The van der Waals surface area contributed by atoms with Crippen molar-refractivity contribution >= 4 is 16.0 Å². The number of halogens is 1. The minimum Gasteiger partial charge on any atom is -0.456 e. The van der Waals surface area contributed by atoms with Gasteiger partial charge in [0.1, 0.15) is 23.9 Å². The van der Waals surface area contributed by atoms with E-state index in [1.807, 2.05) is 32.0 Å². The third-order valence-corrected chi connectivity index (χ3v) is 6.31. The number of sulfonamides is 1. The highest BCUT2D eigenvalue weighted by Gasteiger charge is 2.19. The summed E-state index contributed by atoms with van der Waals surface area (Å²) < 4.78 is 55.0. The second kappa shape index (κ2) is 14.2. The molecule has 3 aromatic rings. The molecule has 4 N–H and O–H groups in total. The van der Waals surface area contributed by atoms with Crippen LogP contribution in [0.5, 0.6) is 0 Å². The van der Waals surface area contributed by atoms with Crippen molar-refractivity contribution in [2.45, 2.75) is 31.8 Å². The van der Waals surface area contributed by atoms with Gasteiger partial charge in [-0.25, -0.2) is 32.4 Å². The molecule has 0 aliphatic rings. The summed E-state index contributed by atoms with van der Waals surface area (Å²) in [5, 5.41) is 17.7. The first kappa shape index (κ1) is 30.2. The number of benzene rings is 2. The van der Waals surface area contributed by atoms with Crippen LogP contribution >= 0.6 is 0 Å². The van der Waals surface area contributed by atoms with E-state index in [4.69, 9.17) is 24.6 Å². The average molecular weight is 568 g/mol. The predicted octanol–water partition coefficient (Wildman–Crippen LogP) is 1.25. The van der Waals surface area contributed by atoms with E-state index in [-0.39, 0.29) is 62.5 Å².